The first-order valence-electron chi connectivity index (χ1n) is 9.06. The number of furan rings is 1. The fourth-order valence-corrected chi connectivity index (χ4v) is 2.83. The van der Waals surface area contributed by atoms with Crippen molar-refractivity contribution in [3.63, 3.8) is 0 Å². The number of hydrogen-bond acceptors (Lipinski definition) is 5. The molecule has 6 heteroatoms. The van der Waals surface area contributed by atoms with Crippen LogP contribution in [0.2, 0.25) is 0 Å². The summed E-state index contributed by atoms with van der Waals surface area (Å²) in [4.78, 5) is 23.9. The van der Waals surface area contributed by atoms with Gasteiger partial charge in [-0.2, -0.15) is 0 Å². The second-order valence-electron chi connectivity index (χ2n) is 6.25. The van der Waals surface area contributed by atoms with Gasteiger partial charge in [-0.15, -0.1) is 0 Å². The van der Waals surface area contributed by atoms with Gasteiger partial charge < -0.3 is 19.0 Å². The van der Waals surface area contributed by atoms with Crippen LogP contribution in [0.1, 0.15) is 22.6 Å². The quantitative estimate of drug-likeness (QED) is 0.457. The molecule has 0 amide bonds. The van der Waals surface area contributed by atoms with E-state index in [9.17, 15) is 14.7 Å². The zero-order valence-corrected chi connectivity index (χ0v) is 16.5. The summed E-state index contributed by atoms with van der Waals surface area (Å²) in [5.41, 5.74) is 1.59. The third-order valence-corrected chi connectivity index (χ3v) is 4.34. The molecule has 6 nitrogen and oxygen atoms in total. The summed E-state index contributed by atoms with van der Waals surface area (Å²) in [7, 11) is 2.85. The van der Waals surface area contributed by atoms with E-state index < -0.39 is 11.9 Å². The van der Waals surface area contributed by atoms with Crippen LogP contribution < -0.4 is 4.74 Å². The minimum atomic E-state index is -1.09. The van der Waals surface area contributed by atoms with Crippen molar-refractivity contribution in [3.05, 3.63) is 89.4 Å². The summed E-state index contributed by atoms with van der Waals surface area (Å²) < 4.78 is 15.7. The van der Waals surface area contributed by atoms with Crippen molar-refractivity contribution in [3.8, 4) is 5.75 Å². The van der Waals surface area contributed by atoms with Crippen molar-refractivity contribution in [1.29, 1.82) is 0 Å². The van der Waals surface area contributed by atoms with Gasteiger partial charge in [-0.1, -0.05) is 42.5 Å². The summed E-state index contributed by atoms with van der Waals surface area (Å²) in [6.45, 7) is 0. The number of benzene rings is 2. The fraction of sp³-hybridized carbons (Fsp3) is 0.0833. The molecular formula is C24H20O6. The molecular weight excluding hydrogens is 384 g/mol. The van der Waals surface area contributed by atoms with Gasteiger partial charge in [0.2, 0.25) is 0 Å². The predicted molar refractivity (Wildman–Crippen MR) is 114 cm³/mol. The highest BCUT2D eigenvalue weighted by molar-refractivity contribution is 6.21. The Bertz CT molecular complexity index is 1090. The van der Waals surface area contributed by atoms with Gasteiger partial charge in [0.05, 0.1) is 25.4 Å². The number of methoxy groups -OCH3 is 2. The highest BCUT2D eigenvalue weighted by atomic mass is 16.5. The number of carbonyl (C=O) groups is 2. The molecule has 0 unspecified atom stereocenters. The van der Waals surface area contributed by atoms with E-state index >= 15 is 0 Å². The number of carboxylic acids is 1. The molecule has 2 aromatic carbocycles. The summed E-state index contributed by atoms with van der Waals surface area (Å²) >= 11 is 0. The van der Waals surface area contributed by atoms with Crippen molar-refractivity contribution < 1.29 is 28.6 Å². The molecule has 30 heavy (non-hydrogen) atoms. The van der Waals surface area contributed by atoms with Gasteiger partial charge in [0, 0.05) is 0 Å². The highest BCUT2D eigenvalue weighted by Gasteiger charge is 2.15. The molecule has 3 rings (SSSR count). The van der Waals surface area contributed by atoms with E-state index in [4.69, 9.17) is 13.9 Å². The Labute approximate surface area is 173 Å². The van der Waals surface area contributed by atoms with Crippen molar-refractivity contribution in [2.45, 2.75) is 0 Å². The molecule has 0 aliphatic rings. The van der Waals surface area contributed by atoms with Crippen LogP contribution in [0.25, 0.3) is 23.3 Å². The molecule has 0 aliphatic heterocycles. The highest BCUT2D eigenvalue weighted by Crippen LogP contribution is 2.25. The van der Waals surface area contributed by atoms with E-state index in [2.05, 4.69) is 0 Å². The van der Waals surface area contributed by atoms with Crippen LogP contribution in [0, 0.1) is 0 Å². The number of aliphatic carboxylic acids is 1. The molecule has 152 valence electrons. The smallest absolute Gasteiger partial charge is 0.338 e. The minimum absolute atomic E-state index is 0.0683. The van der Waals surface area contributed by atoms with Gasteiger partial charge in [-0.3, -0.25) is 0 Å². The Kier molecular flexibility index (Phi) is 6.49. The summed E-state index contributed by atoms with van der Waals surface area (Å²) in [6, 6.07) is 19.0. The molecule has 0 bridgehead atoms. The van der Waals surface area contributed by atoms with E-state index in [1.165, 1.54) is 13.2 Å². The number of ether oxygens (including phenoxy) is 2. The molecule has 1 heterocycles. The Hall–Kier alpha value is -4.06. The van der Waals surface area contributed by atoms with Crippen molar-refractivity contribution in [2.75, 3.05) is 14.2 Å². The van der Waals surface area contributed by atoms with Gasteiger partial charge >= 0.3 is 11.9 Å². The van der Waals surface area contributed by atoms with Crippen LogP contribution in [0.5, 0.6) is 5.75 Å². The Morgan fingerprint density at radius 3 is 1.90 bits per heavy atom. The number of hydrogen-bond donors (Lipinski definition) is 1. The number of carbonyl (C=O) groups excluding carboxylic acids is 1. The van der Waals surface area contributed by atoms with Crippen LogP contribution in [0.3, 0.4) is 0 Å². The van der Waals surface area contributed by atoms with E-state index in [1.54, 1.807) is 61.7 Å². The lowest BCUT2D eigenvalue weighted by molar-refractivity contribution is -0.133. The van der Waals surface area contributed by atoms with Crippen LogP contribution >= 0.6 is 0 Å². The van der Waals surface area contributed by atoms with E-state index in [0.29, 0.717) is 34.0 Å². The predicted octanol–water partition coefficient (Wildman–Crippen LogP) is 4.63. The van der Waals surface area contributed by atoms with Crippen molar-refractivity contribution in [1.82, 2.24) is 0 Å². The molecule has 0 saturated heterocycles. The normalized spacial score (nSPS) is 11.8. The monoisotopic (exact) mass is 404 g/mol. The molecule has 3 aromatic rings. The van der Waals surface area contributed by atoms with Crippen LogP contribution in [0.4, 0.5) is 0 Å². The number of esters is 1. The SMILES string of the molecule is COC(=O)C(=Cc1ccc(C=C(C(=O)O)c2ccc(OC)cc2)o1)c1ccccc1. The maximum Gasteiger partial charge on any atom is 0.338 e. The standard InChI is InChI=1S/C24H20O6/c1-28-18-10-8-17(9-11-18)21(23(25)26)14-19-12-13-20(30-19)15-22(24(27)29-2)16-6-4-3-5-7-16/h3-15H,1-2H3,(H,25,26). The number of rotatable bonds is 7. The number of carboxylic acid groups (broad SMARTS) is 1. The van der Waals surface area contributed by atoms with Gasteiger partial charge in [0.1, 0.15) is 17.3 Å². The largest absolute Gasteiger partial charge is 0.497 e. The molecule has 0 radical (unpaired) electrons. The third kappa shape index (κ3) is 4.86. The average Bonchev–Trinajstić information content (AvgIpc) is 3.23. The maximum absolute atomic E-state index is 12.2. The maximum atomic E-state index is 12.2. The molecule has 0 spiro atoms. The molecule has 0 aliphatic carbocycles. The van der Waals surface area contributed by atoms with Crippen LogP contribution in [-0.2, 0) is 14.3 Å². The molecule has 0 fully saturated rings. The summed E-state index contributed by atoms with van der Waals surface area (Å²) in [5.74, 6) is -0.228. The van der Waals surface area contributed by atoms with E-state index in [-0.39, 0.29) is 5.57 Å². The molecule has 1 aromatic heterocycles. The zero-order valence-electron chi connectivity index (χ0n) is 16.5. The van der Waals surface area contributed by atoms with Gasteiger partial charge in [-0.25, -0.2) is 9.59 Å². The lowest BCUT2D eigenvalue weighted by Gasteiger charge is -2.05. The third-order valence-electron chi connectivity index (χ3n) is 4.34. The van der Waals surface area contributed by atoms with Crippen molar-refractivity contribution in [2.24, 2.45) is 0 Å². The van der Waals surface area contributed by atoms with Crippen LogP contribution in [0.15, 0.2) is 71.1 Å². The average molecular weight is 404 g/mol. The van der Waals surface area contributed by atoms with Crippen molar-refractivity contribution >= 4 is 35.2 Å². The second-order valence-corrected chi connectivity index (χ2v) is 6.25. The lowest BCUT2D eigenvalue weighted by atomic mass is 10.0. The Balaban J connectivity index is 1.95. The second kappa shape index (κ2) is 9.43. The van der Waals surface area contributed by atoms with Gasteiger partial charge in [0.25, 0.3) is 0 Å². The lowest BCUT2D eigenvalue weighted by Crippen LogP contribution is -2.03. The van der Waals surface area contributed by atoms with E-state index in [0.717, 1.165) is 0 Å². The van der Waals surface area contributed by atoms with E-state index in [1.807, 2.05) is 18.2 Å². The Morgan fingerprint density at radius 1 is 0.800 bits per heavy atom. The van der Waals surface area contributed by atoms with Gasteiger partial charge in [0.15, 0.2) is 0 Å². The molecule has 0 atom stereocenters. The summed E-state index contributed by atoms with van der Waals surface area (Å²) in [6.07, 6.45) is 2.99. The van der Waals surface area contributed by atoms with Crippen LogP contribution in [-0.4, -0.2) is 31.3 Å². The first-order chi connectivity index (χ1) is 14.5. The molecule has 0 saturated carbocycles. The van der Waals surface area contributed by atoms with Gasteiger partial charge in [-0.05, 0) is 47.5 Å². The summed E-state index contributed by atoms with van der Waals surface area (Å²) in [5, 5.41) is 9.61. The first-order valence-corrected chi connectivity index (χ1v) is 9.06. The zero-order chi connectivity index (χ0) is 21.5. The minimum Gasteiger partial charge on any atom is -0.497 e. The topological polar surface area (TPSA) is 86.0 Å². The first kappa shape index (κ1) is 20.7. The Morgan fingerprint density at radius 2 is 1.37 bits per heavy atom. The fourth-order valence-electron chi connectivity index (χ4n) is 2.83. The molecule has 1 N–H and O–H groups in total.